The van der Waals surface area contributed by atoms with Gasteiger partial charge < -0.3 is 15.9 Å². The predicted octanol–water partition coefficient (Wildman–Crippen LogP) is 1.41. The van der Waals surface area contributed by atoms with E-state index >= 15 is 0 Å². The molecular weight excluding hydrogens is 178 g/mol. The highest BCUT2D eigenvalue weighted by atomic mass is 16.3. The van der Waals surface area contributed by atoms with Gasteiger partial charge in [-0.1, -0.05) is 26.0 Å². The molecule has 0 amide bonds. The fourth-order valence-corrected chi connectivity index (χ4v) is 1.27. The second-order valence-corrected chi connectivity index (χ2v) is 4.22. The van der Waals surface area contributed by atoms with E-state index in [-0.39, 0.29) is 23.8 Å². The Morgan fingerprint density at radius 3 is 2.57 bits per heavy atom. The van der Waals surface area contributed by atoms with Crippen LogP contribution in [-0.2, 0) is 0 Å². The molecule has 0 unspecified atom stereocenters. The monoisotopic (exact) mass is 195 g/mol. The van der Waals surface area contributed by atoms with Gasteiger partial charge in [-0.3, -0.25) is 0 Å². The number of phenolic OH excluding ortho intramolecular Hbond substituents is 1. The van der Waals surface area contributed by atoms with Crippen molar-refractivity contribution in [3.63, 3.8) is 0 Å². The summed E-state index contributed by atoms with van der Waals surface area (Å²) in [5.74, 6) is 0.201. The fraction of sp³-hybridized carbons (Fsp3) is 0.455. The minimum absolute atomic E-state index is 0.0177. The van der Waals surface area contributed by atoms with Crippen LogP contribution in [0, 0.1) is 5.41 Å². The molecule has 0 saturated heterocycles. The maximum Gasteiger partial charge on any atom is 0.115 e. The minimum atomic E-state index is -0.381. The highest BCUT2D eigenvalue weighted by Gasteiger charge is 2.26. The zero-order valence-corrected chi connectivity index (χ0v) is 8.57. The number of aliphatic hydroxyl groups excluding tert-OH is 1. The van der Waals surface area contributed by atoms with Gasteiger partial charge in [0.1, 0.15) is 5.75 Å². The van der Waals surface area contributed by atoms with Crippen molar-refractivity contribution in [1.29, 1.82) is 0 Å². The van der Waals surface area contributed by atoms with Gasteiger partial charge in [0.05, 0.1) is 0 Å². The lowest BCUT2D eigenvalue weighted by atomic mass is 9.82. The molecule has 14 heavy (non-hydrogen) atoms. The first-order chi connectivity index (χ1) is 6.47. The van der Waals surface area contributed by atoms with Crippen LogP contribution in [0.5, 0.6) is 5.75 Å². The van der Waals surface area contributed by atoms with Crippen LogP contribution in [0.2, 0.25) is 0 Å². The zero-order chi connectivity index (χ0) is 10.8. The summed E-state index contributed by atoms with van der Waals surface area (Å²) < 4.78 is 0. The molecule has 0 aliphatic heterocycles. The van der Waals surface area contributed by atoms with Gasteiger partial charge in [0.15, 0.2) is 0 Å². The Kier molecular flexibility index (Phi) is 3.13. The highest BCUT2D eigenvalue weighted by molar-refractivity contribution is 5.30. The van der Waals surface area contributed by atoms with Crippen molar-refractivity contribution in [3.05, 3.63) is 29.8 Å². The van der Waals surface area contributed by atoms with Crippen molar-refractivity contribution in [2.75, 3.05) is 6.61 Å². The molecule has 0 heterocycles. The molecule has 1 aromatic rings. The average molecular weight is 195 g/mol. The summed E-state index contributed by atoms with van der Waals surface area (Å²) in [5, 5.41) is 18.4. The van der Waals surface area contributed by atoms with E-state index in [4.69, 9.17) is 10.8 Å². The van der Waals surface area contributed by atoms with Gasteiger partial charge in [-0.05, 0) is 17.7 Å². The topological polar surface area (TPSA) is 66.5 Å². The Bertz CT molecular complexity index is 310. The molecule has 0 aliphatic rings. The number of benzene rings is 1. The van der Waals surface area contributed by atoms with Gasteiger partial charge in [0, 0.05) is 18.1 Å². The molecule has 3 heteroatoms. The standard InChI is InChI=1S/C11H17NO2/c1-11(2,7-13)10(12)8-4-3-5-9(14)6-8/h3-6,10,13-14H,7,12H2,1-2H3/t10-/m1/s1. The van der Waals surface area contributed by atoms with E-state index in [9.17, 15) is 5.11 Å². The second kappa shape index (κ2) is 3.98. The van der Waals surface area contributed by atoms with Crippen LogP contribution >= 0.6 is 0 Å². The zero-order valence-electron chi connectivity index (χ0n) is 8.57. The maximum absolute atomic E-state index is 9.28. The molecule has 1 rings (SSSR count). The summed E-state index contributed by atoms with van der Waals surface area (Å²) >= 11 is 0. The first-order valence-corrected chi connectivity index (χ1v) is 4.63. The summed E-state index contributed by atoms with van der Waals surface area (Å²) in [6.07, 6.45) is 0. The Morgan fingerprint density at radius 1 is 1.43 bits per heavy atom. The van der Waals surface area contributed by atoms with Crippen molar-refractivity contribution in [3.8, 4) is 5.75 Å². The van der Waals surface area contributed by atoms with Crippen LogP contribution in [0.3, 0.4) is 0 Å². The molecule has 0 saturated carbocycles. The molecule has 78 valence electrons. The number of aromatic hydroxyl groups is 1. The van der Waals surface area contributed by atoms with Crippen LogP contribution in [-0.4, -0.2) is 16.8 Å². The van der Waals surface area contributed by atoms with E-state index in [0.717, 1.165) is 5.56 Å². The molecule has 4 N–H and O–H groups in total. The lowest BCUT2D eigenvalue weighted by Gasteiger charge is -2.29. The third-order valence-corrected chi connectivity index (χ3v) is 2.48. The molecular formula is C11H17NO2. The number of rotatable bonds is 3. The Labute approximate surface area is 84.2 Å². The van der Waals surface area contributed by atoms with E-state index in [0.29, 0.717) is 0 Å². The average Bonchev–Trinajstić information content (AvgIpc) is 2.16. The number of hydrogen-bond donors (Lipinski definition) is 3. The van der Waals surface area contributed by atoms with Crippen molar-refractivity contribution in [2.24, 2.45) is 11.1 Å². The third kappa shape index (κ3) is 2.25. The molecule has 1 atom stereocenters. The smallest absolute Gasteiger partial charge is 0.115 e. The predicted molar refractivity (Wildman–Crippen MR) is 55.9 cm³/mol. The van der Waals surface area contributed by atoms with Gasteiger partial charge in [0.2, 0.25) is 0 Å². The fourth-order valence-electron chi connectivity index (χ4n) is 1.27. The van der Waals surface area contributed by atoms with Gasteiger partial charge in [-0.25, -0.2) is 0 Å². The van der Waals surface area contributed by atoms with Gasteiger partial charge in [-0.2, -0.15) is 0 Å². The van der Waals surface area contributed by atoms with Crippen molar-refractivity contribution >= 4 is 0 Å². The second-order valence-electron chi connectivity index (χ2n) is 4.22. The Balaban J connectivity index is 2.94. The summed E-state index contributed by atoms with van der Waals surface area (Å²) in [4.78, 5) is 0. The molecule has 1 aromatic carbocycles. The van der Waals surface area contributed by atoms with Crippen molar-refractivity contribution in [2.45, 2.75) is 19.9 Å². The molecule has 3 nitrogen and oxygen atoms in total. The lowest BCUT2D eigenvalue weighted by Crippen LogP contribution is -2.32. The first-order valence-electron chi connectivity index (χ1n) is 4.63. The van der Waals surface area contributed by atoms with E-state index < -0.39 is 0 Å². The summed E-state index contributed by atoms with van der Waals surface area (Å²) in [7, 11) is 0. The highest BCUT2D eigenvalue weighted by Crippen LogP contribution is 2.31. The van der Waals surface area contributed by atoms with Gasteiger partial charge >= 0.3 is 0 Å². The first kappa shape index (κ1) is 11.0. The summed E-state index contributed by atoms with van der Waals surface area (Å²) in [6, 6.07) is 6.55. The molecule has 0 bridgehead atoms. The van der Waals surface area contributed by atoms with Gasteiger partial charge in [-0.15, -0.1) is 0 Å². The molecule has 0 fully saturated rings. The molecule has 0 spiro atoms. The van der Waals surface area contributed by atoms with E-state index in [2.05, 4.69) is 0 Å². The van der Waals surface area contributed by atoms with Crippen molar-refractivity contribution < 1.29 is 10.2 Å². The Morgan fingerprint density at radius 2 is 2.07 bits per heavy atom. The van der Waals surface area contributed by atoms with E-state index in [1.807, 2.05) is 19.9 Å². The quantitative estimate of drug-likeness (QED) is 0.683. The van der Waals surface area contributed by atoms with Crippen molar-refractivity contribution in [1.82, 2.24) is 0 Å². The number of nitrogens with two attached hydrogens (primary N) is 1. The van der Waals surface area contributed by atoms with E-state index in [1.165, 1.54) is 0 Å². The van der Waals surface area contributed by atoms with Crippen LogP contribution in [0.15, 0.2) is 24.3 Å². The van der Waals surface area contributed by atoms with Crippen LogP contribution in [0.4, 0.5) is 0 Å². The summed E-state index contributed by atoms with van der Waals surface area (Å²) in [5.41, 5.74) is 6.44. The minimum Gasteiger partial charge on any atom is -0.508 e. The molecule has 0 radical (unpaired) electrons. The van der Waals surface area contributed by atoms with Crippen LogP contribution in [0.1, 0.15) is 25.5 Å². The number of hydrogen-bond acceptors (Lipinski definition) is 3. The van der Waals surface area contributed by atoms with Gasteiger partial charge in [0.25, 0.3) is 0 Å². The normalized spacial score (nSPS) is 14.0. The lowest BCUT2D eigenvalue weighted by molar-refractivity contribution is 0.132. The van der Waals surface area contributed by atoms with E-state index in [1.54, 1.807) is 18.2 Å². The Hall–Kier alpha value is -1.06. The molecule has 0 aromatic heterocycles. The largest absolute Gasteiger partial charge is 0.508 e. The number of phenols is 1. The third-order valence-electron chi connectivity index (χ3n) is 2.48. The van der Waals surface area contributed by atoms with Crippen LogP contribution < -0.4 is 5.73 Å². The van der Waals surface area contributed by atoms with Crippen LogP contribution in [0.25, 0.3) is 0 Å². The maximum atomic E-state index is 9.28. The summed E-state index contributed by atoms with van der Waals surface area (Å²) in [6.45, 7) is 3.80. The SMILES string of the molecule is CC(C)(CO)[C@H](N)c1cccc(O)c1. The molecule has 0 aliphatic carbocycles. The number of aliphatic hydroxyl groups is 1.